The van der Waals surface area contributed by atoms with Gasteiger partial charge in [-0.1, -0.05) is 48.5 Å². The van der Waals surface area contributed by atoms with Crippen molar-refractivity contribution < 1.29 is 19.4 Å². The Morgan fingerprint density at radius 3 is 1.97 bits per heavy atom. The van der Waals surface area contributed by atoms with Crippen LogP contribution in [0.15, 0.2) is 60.7 Å². The molecule has 2 aromatic carbocycles. The molecule has 0 spiro atoms. The fourth-order valence-electron chi connectivity index (χ4n) is 4.75. The van der Waals surface area contributed by atoms with Crippen LogP contribution in [0.1, 0.15) is 28.9 Å². The van der Waals surface area contributed by atoms with Crippen LogP contribution in [-0.2, 0) is 4.79 Å². The second kappa shape index (κ2) is 10.1. The van der Waals surface area contributed by atoms with E-state index in [1.54, 1.807) is 4.90 Å². The molecule has 31 heavy (non-hydrogen) atoms. The lowest BCUT2D eigenvalue weighted by atomic mass is 10.1. The van der Waals surface area contributed by atoms with E-state index in [1.165, 1.54) is 10.5 Å². The topological polar surface area (TPSA) is 49.5 Å². The third-order valence-electron chi connectivity index (χ3n) is 6.85. The molecular weight excluding hydrogens is 388 g/mol. The Labute approximate surface area is 185 Å². The molecule has 0 saturated carbocycles. The van der Waals surface area contributed by atoms with Gasteiger partial charge in [-0.3, -0.25) is 9.59 Å². The van der Waals surface area contributed by atoms with E-state index in [0.717, 1.165) is 44.8 Å². The minimum absolute atomic E-state index is 0.0950. The maximum Gasteiger partial charge on any atom is 0.278 e. The molecular formula is C25H34N4O2+2. The first kappa shape index (κ1) is 21.5. The molecule has 2 heterocycles. The Morgan fingerprint density at radius 1 is 0.806 bits per heavy atom. The first-order valence-corrected chi connectivity index (χ1v) is 11.5. The summed E-state index contributed by atoms with van der Waals surface area (Å²) in [6, 6.07) is 20.6. The summed E-state index contributed by atoms with van der Waals surface area (Å²) >= 11 is 0. The number of carbonyl (C=O) groups excluding carboxylic acids is 2. The lowest BCUT2D eigenvalue weighted by molar-refractivity contribution is -0.933. The van der Waals surface area contributed by atoms with Crippen molar-refractivity contribution in [2.75, 3.05) is 58.9 Å². The van der Waals surface area contributed by atoms with E-state index in [2.05, 4.69) is 37.3 Å². The van der Waals surface area contributed by atoms with Crippen LogP contribution in [0, 0.1) is 0 Å². The van der Waals surface area contributed by atoms with Crippen LogP contribution in [0.25, 0.3) is 0 Å². The zero-order chi connectivity index (χ0) is 21.6. The average Bonchev–Trinajstić information content (AvgIpc) is 2.85. The van der Waals surface area contributed by atoms with Crippen LogP contribution >= 0.6 is 0 Å². The first-order valence-electron chi connectivity index (χ1n) is 11.5. The summed E-state index contributed by atoms with van der Waals surface area (Å²) in [6.07, 6.45) is 0. The molecule has 2 aromatic rings. The summed E-state index contributed by atoms with van der Waals surface area (Å²) < 4.78 is 0. The monoisotopic (exact) mass is 422 g/mol. The van der Waals surface area contributed by atoms with E-state index in [0.29, 0.717) is 25.7 Å². The van der Waals surface area contributed by atoms with Crippen LogP contribution in [-0.4, -0.2) is 80.5 Å². The van der Waals surface area contributed by atoms with E-state index in [-0.39, 0.29) is 11.8 Å². The van der Waals surface area contributed by atoms with Crippen LogP contribution in [0.2, 0.25) is 0 Å². The molecule has 0 aliphatic carbocycles. The highest BCUT2D eigenvalue weighted by molar-refractivity contribution is 5.94. The Kier molecular flexibility index (Phi) is 6.99. The van der Waals surface area contributed by atoms with Crippen LogP contribution in [0.5, 0.6) is 0 Å². The van der Waals surface area contributed by atoms with Crippen molar-refractivity contribution in [2.24, 2.45) is 0 Å². The van der Waals surface area contributed by atoms with Gasteiger partial charge in [-0.2, -0.15) is 0 Å². The number of piperazine rings is 2. The van der Waals surface area contributed by atoms with Crippen molar-refractivity contribution in [3.8, 4) is 0 Å². The molecule has 6 heteroatoms. The smallest absolute Gasteiger partial charge is 0.278 e. The Hall–Kier alpha value is -2.70. The van der Waals surface area contributed by atoms with Crippen molar-refractivity contribution in [2.45, 2.75) is 13.0 Å². The van der Waals surface area contributed by atoms with Gasteiger partial charge in [-0.25, -0.2) is 0 Å². The number of amides is 2. The van der Waals surface area contributed by atoms with E-state index < -0.39 is 0 Å². The van der Waals surface area contributed by atoms with Crippen molar-refractivity contribution >= 4 is 11.8 Å². The third kappa shape index (κ3) is 5.32. The highest BCUT2D eigenvalue weighted by atomic mass is 16.2. The molecule has 4 rings (SSSR count). The van der Waals surface area contributed by atoms with Crippen LogP contribution in [0.3, 0.4) is 0 Å². The fraction of sp³-hybridized carbons (Fsp3) is 0.440. The summed E-state index contributed by atoms with van der Waals surface area (Å²) in [4.78, 5) is 32.3. The van der Waals surface area contributed by atoms with E-state index in [1.807, 2.05) is 40.1 Å². The number of hydrogen-bond donors (Lipinski definition) is 2. The summed E-state index contributed by atoms with van der Waals surface area (Å²) in [6.45, 7) is 9.56. The third-order valence-corrected chi connectivity index (χ3v) is 6.85. The Bertz CT molecular complexity index is 858. The van der Waals surface area contributed by atoms with Crippen LogP contribution in [0.4, 0.5) is 0 Å². The van der Waals surface area contributed by atoms with E-state index in [9.17, 15) is 9.59 Å². The molecule has 2 fully saturated rings. The number of carbonyl (C=O) groups is 2. The van der Waals surface area contributed by atoms with Crippen molar-refractivity contribution in [3.05, 3.63) is 71.8 Å². The van der Waals surface area contributed by atoms with Gasteiger partial charge in [-0.15, -0.1) is 0 Å². The van der Waals surface area contributed by atoms with Gasteiger partial charge < -0.3 is 19.6 Å². The van der Waals surface area contributed by atoms with Gasteiger partial charge >= 0.3 is 0 Å². The SMILES string of the molecule is C[C@H](c1ccccc1)[NH+]1CCN(C(=O)C[NH+]2CCN(C(=O)c3ccccc3)CC2)CC1. The zero-order valence-corrected chi connectivity index (χ0v) is 18.4. The highest BCUT2D eigenvalue weighted by Crippen LogP contribution is 2.08. The van der Waals surface area contributed by atoms with Crippen LogP contribution < -0.4 is 9.80 Å². The normalized spacial score (nSPS) is 19.3. The number of rotatable bonds is 5. The first-order chi connectivity index (χ1) is 15.1. The maximum absolute atomic E-state index is 12.9. The minimum Gasteiger partial charge on any atom is -0.327 e. The Morgan fingerprint density at radius 2 is 1.35 bits per heavy atom. The molecule has 2 aliphatic rings. The van der Waals surface area contributed by atoms with Gasteiger partial charge in [0, 0.05) is 11.1 Å². The maximum atomic E-state index is 12.9. The molecule has 2 N–H and O–H groups in total. The van der Waals surface area contributed by atoms with Gasteiger partial charge in [0.2, 0.25) is 0 Å². The summed E-state index contributed by atoms with van der Waals surface area (Å²) in [5.41, 5.74) is 2.11. The average molecular weight is 423 g/mol. The Balaban J connectivity index is 1.21. The predicted molar refractivity (Wildman–Crippen MR) is 120 cm³/mol. The van der Waals surface area contributed by atoms with Gasteiger partial charge in [-0.05, 0) is 19.1 Å². The standard InChI is InChI=1S/C25H32N4O2/c1-21(22-8-4-2-5-9-22)27-16-18-28(19-17-27)24(30)20-26-12-14-29(15-13-26)25(31)23-10-6-3-7-11-23/h2-11,21H,12-20H2,1H3/p+2/t21-/m1/s1. The number of nitrogens with zero attached hydrogens (tertiary/aromatic N) is 2. The van der Waals surface area contributed by atoms with Gasteiger partial charge in [0.1, 0.15) is 6.04 Å². The fourth-order valence-corrected chi connectivity index (χ4v) is 4.75. The van der Waals surface area contributed by atoms with Gasteiger partial charge in [0.05, 0.1) is 52.4 Å². The molecule has 2 amide bonds. The molecule has 0 bridgehead atoms. The van der Waals surface area contributed by atoms with Crippen molar-refractivity contribution in [1.82, 2.24) is 9.80 Å². The minimum atomic E-state index is 0.0950. The summed E-state index contributed by atoms with van der Waals surface area (Å²) in [5.74, 6) is 0.349. The van der Waals surface area contributed by atoms with Crippen molar-refractivity contribution in [3.63, 3.8) is 0 Å². The molecule has 2 saturated heterocycles. The van der Waals surface area contributed by atoms with Gasteiger partial charge in [0.15, 0.2) is 6.54 Å². The summed E-state index contributed by atoms with van der Waals surface area (Å²) in [7, 11) is 0. The van der Waals surface area contributed by atoms with Gasteiger partial charge in [0.25, 0.3) is 11.8 Å². The molecule has 0 unspecified atom stereocenters. The molecule has 6 nitrogen and oxygen atoms in total. The zero-order valence-electron chi connectivity index (χ0n) is 18.4. The second-order valence-electron chi connectivity index (χ2n) is 8.76. The summed E-state index contributed by atoms with van der Waals surface area (Å²) in [5, 5.41) is 0. The highest BCUT2D eigenvalue weighted by Gasteiger charge is 2.31. The predicted octanol–water partition coefficient (Wildman–Crippen LogP) is -0.484. The quantitative estimate of drug-likeness (QED) is 0.684. The molecule has 1 atom stereocenters. The number of benzene rings is 2. The lowest BCUT2D eigenvalue weighted by Gasteiger charge is -2.37. The molecule has 164 valence electrons. The number of quaternary nitrogens is 2. The molecule has 0 aromatic heterocycles. The number of hydrogen-bond acceptors (Lipinski definition) is 2. The van der Waals surface area contributed by atoms with Crippen molar-refractivity contribution in [1.29, 1.82) is 0 Å². The number of nitrogens with one attached hydrogen (secondary N) is 2. The second-order valence-corrected chi connectivity index (χ2v) is 8.76. The molecule has 0 radical (unpaired) electrons. The lowest BCUT2D eigenvalue weighted by Crippen LogP contribution is -3.16. The van der Waals surface area contributed by atoms with E-state index >= 15 is 0 Å². The van der Waals surface area contributed by atoms with E-state index in [4.69, 9.17) is 0 Å². The largest absolute Gasteiger partial charge is 0.327 e. The molecule has 2 aliphatic heterocycles.